The van der Waals surface area contributed by atoms with Crippen molar-refractivity contribution < 1.29 is 13.2 Å². The van der Waals surface area contributed by atoms with Crippen LogP contribution in [-0.2, 0) is 15.0 Å². The number of anilines is 1. The molecule has 11 heteroatoms. The largest absolute Gasteiger partial charge is 0.300 e. The highest BCUT2D eigenvalue weighted by Crippen LogP contribution is 2.26. The zero-order valence-electron chi connectivity index (χ0n) is 13.4. The summed E-state index contributed by atoms with van der Waals surface area (Å²) in [6, 6.07) is 0. The van der Waals surface area contributed by atoms with E-state index < -0.39 is 10.2 Å². The first-order valence-corrected chi connectivity index (χ1v) is 10.5. The van der Waals surface area contributed by atoms with E-state index in [2.05, 4.69) is 15.5 Å². The van der Waals surface area contributed by atoms with Gasteiger partial charge in [0.1, 0.15) is 0 Å². The second kappa shape index (κ2) is 7.88. The molecule has 130 valence electrons. The van der Waals surface area contributed by atoms with E-state index in [1.165, 1.54) is 34.0 Å². The Morgan fingerprint density at radius 3 is 2.87 bits per heavy atom. The van der Waals surface area contributed by atoms with E-state index in [1.54, 1.807) is 11.8 Å². The first-order valence-electron chi connectivity index (χ1n) is 7.29. The number of rotatable bonds is 6. The van der Waals surface area contributed by atoms with Gasteiger partial charge in [0, 0.05) is 27.2 Å². The summed E-state index contributed by atoms with van der Waals surface area (Å²) in [5, 5.41) is 11.1. The van der Waals surface area contributed by atoms with Gasteiger partial charge in [-0.25, -0.2) is 0 Å². The van der Waals surface area contributed by atoms with E-state index in [9.17, 15) is 13.2 Å². The highest BCUT2D eigenvalue weighted by molar-refractivity contribution is 8.01. The molecule has 1 aromatic rings. The lowest BCUT2D eigenvalue weighted by Gasteiger charge is -2.32. The SMILES string of the molecule is CCSc1nnc(NC(=O)[C@@H]2CCCN(S(=O)(=O)N(C)C)C2)s1. The number of nitrogens with one attached hydrogen (secondary N) is 1. The van der Waals surface area contributed by atoms with Gasteiger partial charge in [0.05, 0.1) is 5.92 Å². The molecule has 0 bridgehead atoms. The third kappa shape index (κ3) is 4.63. The topological polar surface area (TPSA) is 95.5 Å². The van der Waals surface area contributed by atoms with E-state index >= 15 is 0 Å². The molecule has 0 saturated carbocycles. The van der Waals surface area contributed by atoms with Crippen molar-refractivity contribution in [1.82, 2.24) is 18.8 Å². The molecule has 0 aliphatic carbocycles. The normalized spacial score (nSPS) is 19.9. The van der Waals surface area contributed by atoms with Crippen LogP contribution in [-0.4, -0.2) is 66.1 Å². The van der Waals surface area contributed by atoms with E-state index in [0.29, 0.717) is 24.5 Å². The van der Waals surface area contributed by atoms with E-state index in [-0.39, 0.29) is 18.4 Å². The number of carbonyl (C=O) groups excluding carboxylic acids is 1. The fourth-order valence-corrected chi connectivity index (χ4v) is 5.09. The van der Waals surface area contributed by atoms with Crippen molar-refractivity contribution in [3.8, 4) is 0 Å². The monoisotopic (exact) mass is 379 g/mol. The summed E-state index contributed by atoms with van der Waals surface area (Å²) in [4.78, 5) is 12.4. The molecule has 0 aromatic carbocycles. The highest BCUT2D eigenvalue weighted by atomic mass is 32.2. The number of piperidine rings is 1. The van der Waals surface area contributed by atoms with Crippen LogP contribution >= 0.6 is 23.1 Å². The lowest BCUT2D eigenvalue weighted by molar-refractivity contribution is -0.120. The Morgan fingerprint density at radius 1 is 1.48 bits per heavy atom. The predicted molar refractivity (Wildman–Crippen MR) is 91.8 cm³/mol. The first kappa shape index (κ1) is 18.6. The molecule has 1 aliphatic heterocycles. The van der Waals surface area contributed by atoms with Gasteiger partial charge in [0.25, 0.3) is 10.2 Å². The maximum Gasteiger partial charge on any atom is 0.281 e. The number of thioether (sulfide) groups is 1. The van der Waals surface area contributed by atoms with E-state index in [4.69, 9.17) is 0 Å². The van der Waals surface area contributed by atoms with Gasteiger partial charge in [-0.1, -0.05) is 30.0 Å². The average molecular weight is 380 g/mol. The van der Waals surface area contributed by atoms with Crippen molar-refractivity contribution in [2.75, 3.05) is 38.3 Å². The number of aromatic nitrogens is 2. The van der Waals surface area contributed by atoms with Gasteiger partial charge in [0.2, 0.25) is 11.0 Å². The number of amides is 1. The smallest absolute Gasteiger partial charge is 0.281 e. The molecule has 1 atom stereocenters. The Morgan fingerprint density at radius 2 is 2.22 bits per heavy atom. The number of hydrogen-bond acceptors (Lipinski definition) is 7. The van der Waals surface area contributed by atoms with Crippen molar-refractivity contribution in [3.05, 3.63) is 0 Å². The van der Waals surface area contributed by atoms with Crippen LogP contribution in [0.3, 0.4) is 0 Å². The minimum Gasteiger partial charge on any atom is -0.300 e. The Balaban J connectivity index is 1.99. The Bertz CT molecular complexity index is 646. The molecule has 2 rings (SSSR count). The van der Waals surface area contributed by atoms with Gasteiger partial charge in [-0.05, 0) is 18.6 Å². The maximum absolute atomic E-state index is 12.4. The van der Waals surface area contributed by atoms with E-state index in [0.717, 1.165) is 10.1 Å². The molecule has 1 amide bonds. The summed E-state index contributed by atoms with van der Waals surface area (Å²) in [5.74, 6) is 0.320. The minimum absolute atomic E-state index is 0.196. The van der Waals surface area contributed by atoms with Crippen molar-refractivity contribution >= 4 is 44.3 Å². The molecule has 0 spiro atoms. The molecule has 1 saturated heterocycles. The van der Waals surface area contributed by atoms with Gasteiger partial charge in [0.15, 0.2) is 4.34 Å². The molecule has 0 unspecified atom stereocenters. The minimum atomic E-state index is -3.48. The van der Waals surface area contributed by atoms with Crippen LogP contribution in [0.2, 0.25) is 0 Å². The average Bonchev–Trinajstić information content (AvgIpc) is 2.94. The van der Waals surface area contributed by atoms with Crippen LogP contribution in [0, 0.1) is 5.92 Å². The van der Waals surface area contributed by atoms with Gasteiger partial charge >= 0.3 is 0 Å². The van der Waals surface area contributed by atoms with Crippen LogP contribution in [0.4, 0.5) is 5.13 Å². The summed E-state index contributed by atoms with van der Waals surface area (Å²) in [6.07, 6.45) is 1.33. The number of carbonyl (C=O) groups is 1. The quantitative estimate of drug-likeness (QED) is 0.587. The molecule has 0 radical (unpaired) electrons. The van der Waals surface area contributed by atoms with E-state index in [1.807, 2.05) is 6.92 Å². The van der Waals surface area contributed by atoms with Crippen molar-refractivity contribution in [1.29, 1.82) is 0 Å². The molecule has 1 N–H and O–H groups in total. The van der Waals surface area contributed by atoms with Gasteiger partial charge in [-0.2, -0.15) is 17.0 Å². The molecule has 1 fully saturated rings. The summed E-state index contributed by atoms with van der Waals surface area (Å²) in [5.41, 5.74) is 0. The third-order valence-electron chi connectivity index (χ3n) is 3.45. The predicted octanol–water partition coefficient (Wildman–Crippen LogP) is 1.11. The lowest BCUT2D eigenvalue weighted by Crippen LogP contribution is -2.47. The Kier molecular flexibility index (Phi) is 6.37. The second-order valence-corrected chi connectivity index (χ2v) is 9.91. The van der Waals surface area contributed by atoms with Gasteiger partial charge < -0.3 is 5.32 Å². The molecule has 2 heterocycles. The van der Waals surface area contributed by atoms with Crippen LogP contribution in [0.5, 0.6) is 0 Å². The molecular formula is C12H21N5O3S3. The van der Waals surface area contributed by atoms with Gasteiger partial charge in [-0.3, -0.25) is 4.79 Å². The molecule has 8 nitrogen and oxygen atoms in total. The van der Waals surface area contributed by atoms with Gasteiger partial charge in [-0.15, -0.1) is 10.2 Å². The summed E-state index contributed by atoms with van der Waals surface area (Å²) in [7, 11) is -0.498. The number of hydrogen-bond donors (Lipinski definition) is 1. The summed E-state index contributed by atoms with van der Waals surface area (Å²) in [6.45, 7) is 2.66. The van der Waals surface area contributed by atoms with Crippen LogP contribution in [0.1, 0.15) is 19.8 Å². The van der Waals surface area contributed by atoms with Crippen molar-refractivity contribution in [2.24, 2.45) is 5.92 Å². The standard InChI is InChI=1S/C12H21N5O3S3/c1-4-21-12-15-14-11(22-12)13-10(18)9-6-5-7-17(8-9)23(19,20)16(2)3/h9H,4-8H2,1-3H3,(H,13,14,18)/t9-/m1/s1. The highest BCUT2D eigenvalue weighted by Gasteiger charge is 2.33. The van der Waals surface area contributed by atoms with Crippen LogP contribution < -0.4 is 5.32 Å². The third-order valence-corrected chi connectivity index (χ3v) is 7.21. The fourth-order valence-electron chi connectivity index (χ4n) is 2.25. The molecule has 1 aliphatic rings. The molecule has 23 heavy (non-hydrogen) atoms. The number of nitrogens with zero attached hydrogens (tertiary/aromatic N) is 4. The van der Waals surface area contributed by atoms with Crippen LogP contribution in [0.25, 0.3) is 0 Å². The molecular weight excluding hydrogens is 358 g/mol. The molecule has 1 aromatic heterocycles. The summed E-state index contributed by atoms with van der Waals surface area (Å²) < 4.78 is 27.7. The Hall–Kier alpha value is -0.750. The Labute approximate surface area is 144 Å². The van der Waals surface area contributed by atoms with Crippen molar-refractivity contribution in [3.63, 3.8) is 0 Å². The second-order valence-electron chi connectivity index (χ2n) is 5.28. The zero-order valence-corrected chi connectivity index (χ0v) is 15.8. The zero-order chi connectivity index (χ0) is 17.0. The van der Waals surface area contributed by atoms with Crippen LogP contribution in [0.15, 0.2) is 4.34 Å². The fraction of sp³-hybridized carbons (Fsp3) is 0.750. The maximum atomic E-state index is 12.4. The first-order chi connectivity index (χ1) is 10.8. The van der Waals surface area contributed by atoms with Crippen molar-refractivity contribution in [2.45, 2.75) is 24.1 Å². The summed E-state index contributed by atoms with van der Waals surface area (Å²) >= 11 is 2.90. The lowest BCUT2D eigenvalue weighted by atomic mass is 9.99.